The molecule has 0 aliphatic rings. The lowest BCUT2D eigenvalue weighted by atomic mass is 10.0. The van der Waals surface area contributed by atoms with Crippen LogP contribution in [0.25, 0.3) is 10.9 Å². The van der Waals surface area contributed by atoms with Crippen LogP contribution in [0.5, 0.6) is 0 Å². The Morgan fingerprint density at radius 1 is 1.15 bits per heavy atom. The van der Waals surface area contributed by atoms with Gasteiger partial charge in [0.25, 0.3) is 0 Å². The quantitative estimate of drug-likeness (QED) is 0.663. The zero-order valence-electron chi connectivity index (χ0n) is 10.7. The molecule has 0 bridgehead atoms. The summed E-state index contributed by atoms with van der Waals surface area (Å²) in [6.07, 6.45) is 1.69. The minimum atomic E-state index is -0.0880. The van der Waals surface area contributed by atoms with Gasteiger partial charge < -0.3 is 4.98 Å². The van der Waals surface area contributed by atoms with E-state index in [1.54, 1.807) is 18.3 Å². The summed E-state index contributed by atoms with van der Waals surface area (Å²) in [5.74, 6) is -0.0880. The number of aromatic amines is 1. The largest absolute Gasteiger partial charge is 0.360 e. The number of fused-ring (bicyclic) bond motifs is 1. The van der Waals surface area contributed by atoms with E-state index in [1.807, 2.05) is 31.2 Å². The van der Waals surface area contributed by atoms with Crippen LogP contribution in [-0.4, -0.2) is 10.8 Å². The maximum Gasteiger partial charge on any atom is 0.195 e. The highest BCUT2D eigenvalue weighted by atomic mass is 35.5. The molecule has 0 saturated heterocycles. The van der Waals surface area contributed by atoms with Crippen molar-refractivity contribution in [1.29, 1.82) is 0 Å². The van der Waals surface area contributed by atoms with E-state index >= 15 is 0 Å². The Kier molecular flexibility index (Phi) is 3.28. The summed E-state index contributed by atoms with van der Waals surface area (Å²) in [6, 6.07) is 10.8. The van der Waals surface area contributed by atoms with Gasteiger partial charge in [0.2, 0.25) is 0 Å². The van der Waals surface area contributed by atoms with Crippen molar-refractivity contribution in [2.24, 2.45) is 0 Å². The predicted octanol–water partition coefficient (Wildman–Crippen LogP) is 5.01. The first kappa shape index (κ1) is 13.2. The highest BCUT2D eigenvalue weighted by molar-refractivity contribution is 6.37. The molecule has 0 radical (unpaired) electrons. The number of halogens is 2. The van der Waals surface area contributed by atoms with Crippen LogP contribution in [0.2, 0.25) is 10.0 Å². The average Bonchev–Trinajstić information content (AvgIpc) is 2.82. The molecule has 100 valence electrons. The smallest absolute Gasteiger partial charge is 0.195 e. The van der Waals surface area contributed by atoms with E-state index in [0.717, 1.165) is 16.5 Å². The van der Waals surface area contributed by atoms with Crippen molar-refractivity contribution in [3.63, 3.8) is 0 Å². The van der Waals surface area contributed by atoms with Gasteiger partial charge in [0, 0.05) is 33.2 Å². The molecule has 0 atom stereocenters. The summed E-state index contributed by atoms with van der Waals surface area (Å²) in [7, 11) is 0. The molecule has 1 heterocycles. The molecule has 2 nitrogen and oxygen atoms in total. The fraction of sp³-hybridized carbons (Fsp3) is 0.0625. The molecule has 3 rings (SSSR count). The molecule has 4 heteroatoms. The number of ketones is 1. The molecule has 0 fully saturated rings. The van der Waals surface area contributed by atoms with E-state index in [1.165, 1.54) is 0 Å². The molecule has 2 aromatic carbocycles. The third-order valence-corrected chi connectivity index (χ3v) is 3.74. The lowest BCUT2D eigenvalue weighted by Crippen LogP contribution is -2.01. The van der Waals surface area contributed by atoms with Crippen molar-refractivity contribution in [2.75, 3.05) is 0 Å². The summed E-state index contributed by atoms with van der Waals surface area (Å²) >= 11 is 12.2. The van der Waals surface area contributed by atoms with Crippen LogP contribution < -0.4 is 0 Å². The number of carbonyl (C=O) groups is 1. The van der Waals surface area contributed by atoms with Gasteiger partial charge in [-0.2, -0.15) is 0 Å². The van der Waals surface area contributed by atoms with Crippen molar-refractivity contribution < 1.29 is 4.79 Å². The van der Waals surface area contributed by atoms with E-state index in [0.29, 0.717) is 21.2 Å². The van der Waals surface area contributed by atoms with E-state index in [2.05, 4.69) is 4.98 Å². The highest BCUT2D eigenvalue weighted by Crippen LogP contribution is 2.28. The van der Waals surface area contributed by atoms with Crippen LogP contribution in [-0.2, 0) is 0 Å². The fourth-order valence-corrected chi connectivity index (χ4v) is 2.91. The number of nitrogens with one attached hydrogen (secondary N) is 1. The van der Waals surface area contributed by atoms with Crippen molar-refractivity contribution in [1.82, 2.24) is 4.98 Å². The average molecular weight is 304 g/mol. The zero-order chi connectivity index (χ0) is 14.3. The summed E-state index contributed by atoms with van der Waals surface area (Å²) in [4.78, 5) is 15.7. The second-order valence-corrected chi connectivity index (χ2v) is 5.55. The van der Waals surface area contributed by atoms with Crippen molar-refractivity contribution in [3.8, 4) is 0 Å². The molecule has 0 amide bonds. The summed E-state index contributed by atoms with van der Waals surface area (Å²) in [6.45, 7) is 1.91. The predicted molar refractivity (Wildman–Crippen MR) is 82.9 cm³/mol. The van der Waals surface area contributed by atoms with Crippen molar-refractivity contribution >= 4 is 39.9 Å². The Morgan fingerprint density at radius 2 is 1.95 bits per heavy atom. The van der Waals surface area contributed by atoms with Crippen LogP contribution in [0.3, 0.4) is 0 Å². The molecular weight excluding hydrogens is 293 g/mol. The van der Waals surface area contributed by atoms with Gasteiger partial charge in [-0.15, -0.1) is 0 Å². The first-order valence-corrected chi connectivity index (χ1v) is 6.89. The van der Waals surface area contributed by atoms with Crippen LogP contribution >= 0.6 is 23.2 Å². The van der Waals surface area contributed by atoms with Gasteiger partial charge in [0.15, 0.2) is 5.78 Å². The summed E-state index contributed by atoms with van der Waals surface area (Å²) in [5.41, 5.74) is 2.93. The van der Waals surface area contributed by atoms with E-state index in [9.17, 15) is 4.79 Å². The first-order valence-electron chi connectivity index (χ1n) is 6.14. The summed E-state index contributed by atoms with van der Waals surface area (Å²) < 4.78 is 0. The molecule has 0 saturated carbocycles. The minimum Gasteiger partial charge on any atom is -0.360 e. The third kappa shape index (κ3) is 2.21. The molecule has 1 aromatic heterocycles. The maximum atomic E-state index is 12.6. The van der Waals surface area contributed by atoms with Crippen LogP contribution in [0.15, 0.2) is 42.6 Å². The molecule has 20 heavy (non-hydrogen) atoms. The van der Waals surface area contributed by atoms with Crippen molar-refractivity contribution in [3.05, 3.63) is 69.3 Å². The van der Waals surface area contributed by atoms with Crippen LogP contribution in [0, 0.1) is 6.92 Å². The Balaban J connectivity index is 2.18. The number of H-pyrrole nitrogens is 1. The molecule has 0 spiro atoms. The number of rotatable bonds is 2. The lowest BCUT2D eigenvalue weighted by molar-refractivity contribution is 0.104. The lowest BCUT2D eigenvalue weighted by Gasteiger charge is -2.03. The van der Waals surface area contributed by atoms with Crippen LogP contribution in [0.4, 0.5) is 0 Å². The number of aryl methyl sites for hydroxylation is 1. The molecular formula is C16H11Cl2NO. The molecule has 0 aliphatic heterocycles. The second-order valence-electron chi connectivity index (χ2n) is 4.71. The SMILES string of the molecule is Cc1cc(Cl)cc(C(=O)c2c[nH]c3cccc(Cl)c23)c1. The number of benzene rings is 2. The van der Waals surface area contributed by atoms with Gasteiger partial charge in [-0.3, -0.25) is 4.79 Å². The Bertz CT molecular complexity index is 800. The monoisotopic (exact) mass is 303 g/mol. The second kappa shape index (κ2) is 4.97. The minimum absolute atomic E-state index is 0.0880. The van der Waals surface area contributed by atoms with Gasteiger partial charge in [-0.05, 0) is 42.8 Å². The highest BCUT2D eigenvalue weighted by Gasteiger charge is 2.16. The zero-order valence-corrected chi connectivity index (χ0v) is 12.2. The topological polar surface area (TPSA) is 32.9 Å². The molecule has 0 aliphatic carbocycles. The molecule has 0 unspecified atom stereocenters. The number of carbonyl (C=O) groups excluding carboxylic acids is 1. The van der Waals surface area contributed by atoms with Crippen molar-refractivity contribution in [2.45, 2.75) is 6.92 Å². The van der Waals surface area contributed by atoms with E-state index in [-0.39, 0.29) is 5.78 Å². The number of hydrogen-bond donors (Lipinski definition) is 1. The Morgan fingerprint density at radius 3 is 2.70 bits per heavy atom. The van der Waals surface area contributed by atoms with Gasteiger partial charge in [0.1, 0.15) is 0 Å². The van der Waals surface area contributed by atoms with Gasteiger partial charge in [0.05, 0.1) is 5.02 Å². The van der Waals surface area contributed by atoms with Gasteiger partial charge >= 0.3 is 0 Å². The van der Waals surface area contributed by atoms with Gasteiger partial charge in [-0.1, -0.05) is 29.3 Å². The Labute approximate surface area is 126 Å². The number of aromatic nitrogens is 1. The molecule has 1 N–H and O–H groups in total. The summed E-state index contributed by atoms with van der Waals surface area (Å²) in [5, 5.41) is 1.86. The van der Waals surface area contributed by atoms with Gasteiger partial charge in [-0.25, -0.2) is 0 Å². The fourth-order valence-electron chi connectivity index (χ4n) is 2.34. The Hall–Kier alpha value is -1.77. The maximum absolute atomic E-state index is 12.6. The van der Waals surface area contributed by atoms with Crippen LogP contribution in [0.1, 0.15) is 21.5 Å². The normalized spacial score (nSPS) is 10.9. The molecule has 3 aromatic rings. The van der Waals surface area contributed by atoms with E-state index < -0.39 is 0 Å². The number of hydrogen-bond acceptors (Lipinski definition) is 1. The standard InChI is InChI=1S/C16H11Cl2NO/c1-9-5-10(7-11(17)6-9)16(20)12-8-19-14-4-2-3-13(18)15(12)14/h2-8,19H,1H3. The first-order chi connectivity index (χ1) is 9.56. The third-order valence-electron chi connectivity index (χ3n) is 3.20. The van der Waals surface area contributed by atoms with E-state index in [4.69, 9.17) is 23.2 Å².